The number of hydrogen-bond donors (Lipinski definition) is 2. The van der Waals surface area contributed by atoms with Crippen LogP contribution in [-0.4, -0.2) is 56.7 Å². The molecule has 18 heavy (non-hydrogen) atoms. The second kappa shape index (κ2) is 5.45. The van der Waals surface area contributed by atoms with Gasteiger partial charge in [0.05, 0.1) is 4.75 Å². The average Bonchev–Trinajstić information content (AvgIpc) is 2.42. The second-order valence-electron chi connectivity index (χ2n) is 6.01. The Morgan fingerprint density at radius 3 is 2.72 bits per heavy atom. The predicted molar refractivity (Wildman–Crippen MR) is 73.0 cm³/mol. The highest BCUT2D eigenvalue weighted by Crippen LogP contribution is 2.24. The zero-order chi connectivity index (χ0) is 13.2. The van der Waals surface area contributed by atoms with Crippen LogP contribution in [0.4, 0.5) is 0 Å². The zero-order valence-corrected chi connectivity index (χ0v) is 12.2. The highest BCUT2D eigenvalue weighted by molar-refractivity contribution is 7.90. The van der Waals surface area contributed by atoms with Gasteiger partial charge in [-0.15, -0.1) is 0 Å². The van der Waals surface area contributed by atoms with Crippen LogP contribution in [0.3, 0.4) is 0 Å². The van der Waals surface area contributed by atoms with E-state index in [0.717, 1.165) is 32.5 Å². The van der Waals surface area contributed by atoms with Crippen molar-refractivity contribution in [3.8, 4) is 0 Å². The summed E-state index contributed by atoms with van der Waals surface area (Å²) in [6.45, 7) is 8.19. The Hall–Kier alpha value is -0.170. The Morgan fingerprint density at radius 2 is 2.06 bits per heavy atom. The number of rotatable bonds is 2. The molecule has 0 aromatic carbocycles. The minimum absolute atomic E-state index is 0.461. The summed E-state index contributed by atoms with van der Waals surface area (Å²) in [4.78, 5) is 0. The Morgan fingerprint density at radius 1 is 1.28 bits per heavy atom. The van der Waals surface area contributed by atoms with Crippen LogP contribution in [0.2, 0.25) is 0 Å². The fraction of sp³-hybridized carbons (Fsp3) is 1.00. The van der Waals surface area contributed by atoms with Crippen molar-refractivity contribution in [2.45, 2.75) is 31.4 Å². The van der Waals surface area contributed by atoms with E-state index in [9.17, 15) is 8.42 Å². The quantitative estimate of drug-likeness (QED) is 0.745. The van der Waals surface area contributed by atoms with E-state index in [-0.39, 0.29) is 0 Å². The van der Waals surface area contributed by atoms with Crippen LogP contribution in [0.25, 0.3) is 0 Å². The van der Waals surface area contributed by atoms with Crippen LogP contribution in [0.15, 0.2) is 0 Å². The molecule has 0 aromatic rings. The first-order chi connectivity index (χ1) is 8.43. The monoisotopic (exact) mass is 275 g/mol. The summed E-state index contributed by atoms with van der Waals surface area (Å²) in [6.07, 6.45) is 2.28. The lowest BCUT2D eigenvalue weighted by Gasteiger charge is -2.33. The summed E-state index contributed by atoms with van der Waals surface area (Å²) in [5.74, 6) is 0.461. The third-order valence-corrected chi connectivity index (χ3v) is 6.54. The third kappa shape index (κ3) is 2.87. The lowest BCUT2D eigenvalue weighted by Crippen LogP contribution is -2.49. The predicted octanol–water partition coefficient (Wildman–Crippen LogP) is -0.000400. The van der Waals surface area contributed by atoms with E-state index in [1.54, 1.807) is 4.31 Å². The highest BCUT2D eigenvalue weighted by atomic mass is 32.2. The van der Waals surface area contributed by atoms with Crippen molar-refractivity contribution in [3.63, 3.8) is 0 Å². The van der Waals surface area contributed by atoms with Crippen molar-refractivity contribution in [2.75, 3.05) is 39.3 Å². The molecule has 0 amide bonds. The molecule has 2 heterocycles. The zero-order valence-electron chi connectivity index (χ0n) is 11.4. The summed E-state index contributed by atoms with van der Waals surface area (Å²) >= 11 is 0. The van der Waals surface area contributed by atoms with Gasteiger partial charge in [-0.1, -0.05) is 0 Å². The molecule has 2 rings (SSSR count). The van der Waals surface area contributed by atoms with Crippen LogP contribution in [0, 0.1) is 5.92 Å². The molecule has 2 fully saturated rings. The van der Waals surface area contributed by atoms with Gasteiger partial charge in [-0.25, -0.2) is 8.42 Å². The second-order valence-corrected chi connectivity index (χ2v) is 8.58. The number of nitrogens with zero attached hydrogens (tertiary/aromatic N) is 1. The number of piperidine rings is 1. The molecule has 2 aliphatic rings. The molecule has 5 nitrogen and oxygen atoms in total. The summed E-state index contributed by atoms with van der Waals surface area (Å²) in [5.41, 5.74) is 0. The van der Waals surface area contributed by atoms with Crippen LogP contribution >= 0.6 is 0 Å². The molecular formula is C12H25N3O2S. The van der Waals surface area contributed by atoms with E-state index < -0.39 is 14.8 Å². The molecule has 1 unspecified atom stereocenters. The van der Waals surface area contributed by atoms with E-state index in [1.807, 2.05) is 13.8 Å². The topological polar surface area (TPSA) is 61.4 Å². The van der Waals surface area contributed by atoms with Crippen molar-refractivity contribution in [1.29, 1.82) is 0 Å². The van der Waals surface area contributed by atoms with E-state index in [0.29, 0.717) is 25.6 Å². The third-order valence-electron chi connectivity index (χ3n) is 3.99. The molecule has 2 saturated heterocycles. The molecule has 0 radical (unpaired) electrons. The van der Waals surface area contributed by atoms with Crippen LogP contribution in [-0.2, 0) is 10.0 Å². The van der Waals surface area contributed by atoms with Crippen LogP contribution in [0.5, 0.6) is 0 Å². The number of hydrogen-bond acceptors (Lipinski definition) is 4. The average molecular weight is 275 g/mol. The molecule has 0 bridgehead atoms. The molecule has 6 heteroatoms. The molecule has 0 spiro atoms. The van der Waals surface area contributed by atoms with Crippen molar-refractivity contribution < 1.29 is 8.42 Å². The molecule has 2 aliphatic heterocycles. The van der Waals surface area contributed by atoms with Gasteiger partial charge in [0, 0.05) is 26.2 Å². The first-order valence-corrected chi connectivity index (χ1v) is 8.29. The molecule has 1 atom stereocenters. The Labute approximate surface area is 110 Å². The maximum Gasteiger partial charge on any atom is 0.220 e. The van der Waals surface area contributed by atoms with Crippen molar-refractivity contribution >= 4 is 10.0 Å². The van der Waals surface area contributed by atoms with Gasteiger partial charge in [-0.05, 0) is 45.7 Å². The van der Waals surface area contributed by atoms with Crippen molar-refractivity contribution in [1.82, 2.24) is 14.9 Å². The molecule has 106 valence electrons. The maximum atomic E-state index is 12.6. The minimum atomic E-state index is -3.19. The largest absolute Gasteiger partial charge is 0.316 e. The van der Waals surface area contributed by atoms with Crippen molar-refractivity contribution in [3.05, 3.63) is 0 Å². The van der Waals surface area contributed by atoms with Gasteiger partial charge in [-0.2, -0.15) is 4.31 Å². The minimum Gasteiger partial charge on any atom is -0.316 e. The van der Waals surface area contributed by atoms with E-state index in [4.69, 9.17) is 0 Å². The molecule has 0 aliphatic carbocycles. The van der Waals surface area contributed by atoms with Crippen LogP contribution in [0.1, 0.15) is 26.7 Å². The Kier molecular flexibility index (Phi) is 4.31. The smallest absolute Gasteiger partial charge is 0.220 e. The lowest BCUT2D eigenvalue weighted by molar-refractivity contribution is 0.293. The summed E-state index contributed by atoms with van der Waals surface area (Å²) in [7, 11) is -3.19. The number of nitrogens with one attached hydrogen (secondary N) is 2. The summed E-state index contributed by atoms with van der Waals surface area (Å²) in [6, 6.07) is 0. The molecule has 0 aromatic heterocycles. The van der Waals surface area contributed by atoms with Crippen molar-refractivity contribution in [2.24, 2.45) is 5.92 Å². The fourth-order valence-corrected chi connectivity index (χ4v) is 4.43. The van der Waals surface area contributed by atoms with Gasteiger partial charge in [0.2, 0.25) is 10.0 Å². The molecular weight excluding hydrogens is 250 g/mol. The maximum absolute atomic E-state index is 12.6. The summed E-state index contributed by atoms with van der Waals surface area (Å²) < 4.78 is 26.2. The van der Waals surface area contributed by atoms with Gasteiger partial charge in [0.1, 0.15) is 0 Å². The van der Waals surface area contributed by atoms with Gasteiger partial charge < -0.3 is 10.6 Å². The first kappa shape index (κ1) is 14.2. The summed E-state index contributed by atoms with van der Waals surface area (Å²) in [5, 5.41) is 6.57. The van der Waals surface area contributed by atoms with Gasteiger partial charge >= 0.3 is 0 Å². The van der Waals surface area contributed by atoms with E-state index in [2.05, 4.69) is 10.6 Å². The number of sulfonamides is 1. The van der Waals surface area contributed by atoms with Gasteiger partial charge in [0.15, 0.2) is 0 Å². The highest BCUT2D eigenvalue weighted by Gasteiger charge is 2.41. The Balaban J connectivity index is 2.09. The normalized spacial score (nSPS) is 32.9. The van der Waals surface area contributed by atoms with Crippen LogP contribution < -0.4 is 10.6 Å². The standard InChI is InChI=1S/C12H25N3O2S/c1-12(2)10-14-6-7-15(18(12,16)17)9-11-4-3-5-13-8-11/h11,13-14H,3-10H2,1-2H3. The molecule has 2 N–H and O–H groups in total. The fourth-order valence-electron chi connectivity index (χ4n) is 2.71. The van der Waals surface area contributed by atoms with Gasteiger partial charge in [0.25, 0.3) is 0 Å². The lowest BCUT2D eigenvalue weighted by atomic mass is 10.00. The van der Waals surface area contributed by atoms with E-state index in [1.165, 1.54) is 0 Å². The van der Waals surface area contributed by atoms with E-state index >= 15 is 0 Å². The van der Waals surface area contributed by atoms with Gasteiger partial charge in [-0.3, -0.25) is 0 Å². The molecule has 0 saturated carbocycles. The SMILES string of the molecule is CC1(C)CNCCN(CC2CCCNC2)S1(=O)=O. The Bertz CT molecular complexity index is 375. The first-order valence-electron chi connectivity index (χ1n) is 6.84.